The lowest BCUT2D eigenvalue weighted by Crippen LogP contribution is -2.47. The number of aliphatic hydroxyl groups excluding tert-OH is 1. The molecule has 9 nitrogen and oxygen atoms in total. The molecule has 0 aliphatic rings. The van der Waals surface area contributed by atoms with Gasteiger partial charge in [-0.3, -0.25) is 14.9 Å². The van der Waals surface area contributed by atoms with Crippen LogP contribution in [0.2, 0.25) is 0 Å². The number of aryl methyl sites for hydroxylation is 1. The highest BCUT2D eigenvalue weighted by Crippen LogP contribution is 2.27. The molecule has 0 heterocycles. The van der Waals surface area contributed by atoms with Gasteiger partial charge in [0, 0.05) is 6.07 Å². The maximum Gasteiger partial charge on any atom is 0.324 e. The number of aliphatic hydroxyl groups is 1. The summed E-state index contributed by atoms with van der Waals surface area (Å²) in [5.74, 6) is -1.59. The molecular weight excluding hydrogens is 304 g/mol. The predicted molar refractivity (Wildman–Crippen MR) is 71.3 cm³/mol. The summed E-state index contributed by atoms with van der Waals surface area (Å²) in [4.78, 5) is 20.4. The van der Waals surface area contributed by atoms with Gasteiger partial charge in [-0.25, -0.2) is 8.42 Å². The second-order valence-electron chi connectivity index (χ2n) is 4.36. The Morgan fingerprint density at radius 2 is 2.00 bits per heavy atom. The molecule has 0 unspecified atom stereocenters. The van der Waals surface area contributed by atoms with Crippen LogP contribution in [0.1, 0.15) is 12.5 Å². The first-order chi connectivity index (χ1) is 9.58. The molecule has 0 bridgehead atoms. The molecular formula is C11H14N2O7S. The molecule has 2 atom stereocenters. The maximum atomic E-state index is 12.2. The normalized spacial score (nSPS) is 14.4. The summed E-state index contributed by atoms with van der Waals surface area (Å²) in [6, 6.07) is 1.85. The van der Waals surface area contributed by atoms with Crippen molar-refractivity contribution in [1.29, 1.82) is 0 Å². The van der Waals surface area contributed by atoms with Gasteiger partial charge in [-0.2, -0.15) is 4.72 Å². The molecule has 0 amide bonds. The molecule has 116 valence electrons. The fraction of sp³-hybridized carbons (Fsp3) is 0.364. The first-order valence-electron chi connectivity index (χ1n) is 5.75. The predicted octanol–water partition coefficient (Wildman–Crippen LogP) is 0.0155. The van der Waals surface area contributed by atoms with E-state index in [1.165, 1.54) is 19.1 Å². The summed E-state index contributed by atoms with van der Waals surface area (Å²) < 4.78 is 26.2. The van der Waals surface area contributed by atoms with Gasteiger partial charge in [0.05, 0.1) is 11.0 Å². The zero-order chi connectivity index (χ0) is 16.4. The number of rotatable bonds is 6. The summed E-state index contributed by atoms with van der Waals surface area (Å²) in [7, 11) is -4.49. The Morgan fingerprint density at radius 1 is 1.43 bits per heavy atom. The summed E-state index contributed by atoms with van der Waals surface area (Å²) in [5, 5.41) is 29.1. The number of benzene rings is 1. The minimum absolute atomic E-state index is 0.0893. The summed E-state index contributed by atoms with van der Waals surface area (Å²) >= 11 is 0. The van der Waals surface area contributed by atoms with E-state index < -0.39 is 43.6 Å². The largest absolute Gasteiger partial charge is 0.480 e. The smallest absolute Gasteiger partial charge is 0.324 e. The van der Waals surface area contributed by atoms with E-state index in [-0.39, 0.29) is 5.56 Å². The van der Waals surface area contributed by atoms with Crippen LogP contribution in [0.4, 0.5) is 5.69 Å². The van der Waals surface area contributed by atoms with Crippen LogP contribution in [0.15, 0.2) is 23.1 Å². The van der Waals surface area contributed by atoms with E-state index in [9.17, 15) is 28.4 Å². The Kier molecular flexibility index (Phi) is 4.99. The van der Waals surface area contributed by atoms with E-state index in [4.69, 9.17) is 5.11 Å². The second-order valence-corrected chi connectivity index (χ2v) is 6.01. The average Bonchev–Trinajstić information content (AvgIpc) is 2.34. The molecule has 3 N–H and O–H groups in total. The van der Waals surface area contributed by atoms with E-state index in [1.54, 1.807) is 4.72 Å². The van der Waals surface area contributed by atoms with Gasteiger partial charge in [0.1, 0.15) is 6.04 Å². The van der Waals surface area contributed by atoms with Crippen LogP contribution in [-0.2, 0) is 14.8 Å². The number of sulfonamides is 1. The van der Waals surface area contributed by atoms with E-state index >= 15 is 0 Å². The fourth-order valence-corrected chi connectivity index (χ4v) is 3.37. The maximum absolute atomic E-state index is 12.2. The Hall–Kier alpha value is -2.04. The van der Waals surface area contributed by atoms with Gasteiger partial charge < -0.3 is 10.2 Å². The third-order valence-corrected chi connectivity index (χ3v) is 4.32. The lowest BCUT2D eigenvalue weighted by atomic mass is 10.2. The number of nitro benzene ring substituents is 1. The third-order valence-electron chi connectivity index (χ3n) is 2.69. The lowest BCUT2D eigenvalue weighted by Gasteiger charge is -2.17. The van der Waals surface area contributed by atoms with Crippen molar-refractivity contribution in [3.63, 3.8) is 0 Å². The van der Waals surface area contributed by atoms with Crippen molar-refractivity contribution >= 4 is 21.7 Å². The van der Waals surface area contributed by atoms with Gasteiger partial charge >= 0.3 is 5.97 Å². The summed E-state index contributed by atoms with van der Waals surface area (Å²) in [6.45, 7) is 2.44. The molecule has 0 fully saturated rings. The van der Waals surface area contributed by atoms with Crippen molar-refractivity contribution in [2.75, 3.05) is 0 Å². The van der Waals surface area contributed by atoms with Crippen molar-refractivity contribution < 1.29 is 28.3 Å². The van der Waals surface area contributed by atoms with Crippen LogP contribution in [-0.4, -0.2) is 41.7 Å². The molecule has 0 aromatic heterocycles. The summed E-state index contributed by atoms with van der Waals surface area (Å²) in [5.41, 5.74) is -0.580. The fourth-order valence-electron chi connectivity index (χ4n) is 1.71. The van der Waals surface area contributed by atoms with Gasteiger partial charge in [0.15, 0.2) is 4.90 Å². The molecule has 0 saturated carbocycles. The van der Waals surface area contributed by atoms with E-state index in [0.29, 0.717) is 0 Å². The molecule has 0 aliphatic carbocycles. The van der Waals surface area contributed by atoms with Crippen molar-refractivity contribution in [1.82, 2.24) is 4.72 Å². The Balaban J connectivity index is 3.38. The number of carboxylic acid groups (broad SMARTS) is 1. The van der Waals surface area contributed by atoms with Crippen LogP contribution >= 0.6 is 0 Å². The standard InChI is InChI=1S/C11H14N2O7S/c1-6-4-3-5-8(13(17)18)10(6)21(19,20)12-9(7(2)14)11(15)16/h3-5,7,9,12,14H,1-2H3,(H,15,16)/t7-,9+/m1/s1. The Morgan fingerprint density at radius 3 is 2.43 bits per heavy atom. The van der Waals surface area contributed by atoms with E-state index in [1.807, 2.05) is 0 Å². The zero-order valence-electron chi connectivity index (χ0n) is 11.2. The SMILES string of the molecule is Cc1cccc([N+](=O)[O-])c1S(=O)(=O)N[C@H](C(=O)O)[C@@H](C)O. The molecule has 0 aliphatic heterocycles. The van der Waals surface area contributed by atoms with E-state index in [0.717, 1.165) is 13.0 Å². The minimum atomic E-state index is -4.49. The van der Waals surface area contributed by atoms with Gasteiger partial charge in [-0.05, 0) is 19.4 Å². The molecule has 21 heavy (non-hydrogen) atoms. The number of nitrogens with one attached hydrogen (secondary N) is 1. The average molecular weight is 318 g/mol. The van der Waals surface area contributed by atoms with Crippen LogP contribution in [0.3, 0.4) is 0 Å². The monoisotopic (exact) mass is 318 g/mol. The van der Waals surface area contributed by atoms with Crippen LogP contribution in [0.25, 0.3) is 0 Å². The number of nitro groups is 1. The number of carboxylic acids is 1. The quantitative estimate of drug-likeness (QED) is 0.494. The van der Waals surface area contributed by atoms with Gasteiger partial charge in [0.2, 0.25) is 10.0 Å². The molecule has 0 saturated heterocycles. The number of nitrogens with zero attached hydrogens (tertiary/aromatic N) is 1. The highest BCUT2D eigenvalue weighted by molar-refractivity contribution is 7.89. The second kappa shape index (κ2) is 6.16. The lowest BCUT2D eigenvalue weighted by molar-refractivity contribution is -0.387. The van der Waals surface area contributed by atoms with Crippen molar-refractivity contribution in [3.8, 4) is 0 Å². The molecule has 1 rings (SSSR count). The van der Waals surface area contributed by atoms with Crippen LogP contribution in [0.5, 0.6) is 0 Å². The van der Waals surface area contributed by atoms with Crippen LogP contribution < -0.4 is 4.72 Å². The van der Waals surface area contributed by atoms with Crippen molar-refractivity contribution in [2.24, 2.45) is 0 Å². The first kappa shape index (κ1) is 17.0. The highest BCUT2D eigenvalue weighted by Gasteiger charge is 2.34. The topological polar surface area (TPSA) is 147 Å². The Labute approximate surface area is 120 Å². The van der Waals surface area contributed by atoms with E-state index in [2.05, 4.69) is 0 Å². The third kappa shape index (κ3) is 3.74. The highest BCUT2D eigenvalue weighted by atomic mass is 32.2. The molecule has 0 spiro atoms. The van der Waals surface area contributed by atoms with Gasteiger partial charge in [0.25, 0.3) is 5.69 Å². The minimum Gasteiger partial charge on any atom is -0.480 e. The van der Waals surface area contributed by atoms with Crippen molar-refractivity contribution in [3.05, 3.63) is 33.9 Å². The summed E-state index contributed by atoms with van der Waals surface area (Å²) in [6.07, 6.45) is -1.51. The number of hydrogen-bond donors (Lipinski definition) is 3. The molecule has 1 aromatic carbocycles. The zero-order valence-corrected chi connectivity index (χ0v) is 12.0. The Bertz CT molecular complexity index is 669. The van der Waals surface area contributed by atoms with Gasteiger partial charge in [-0.15, -0.1) is 0 Å². The van der Waals surface area contributed by atoms with Crippen molar-refractivity contribution in [2.45, 2.75) is 30.9 Å². The molecule has 0 radical (unpaired) electrons. The molecule has 1 aromatic rings. The first-order valence-corrected chi connectivity index (χ1v) is 7.23. The number of aliphatic carboxylic acids is 1. The number of hydrogen-bond acceptors (Lipinski definition) is 6. The number of carbonyl (C=O) groups is 1. The van der Waals surface area contributed by atoms with Crippen LogP contribution in [0, 0.1) is 17.0 Å². The molecule has 10 heteroatoms. The van der Waals surface area contributed by atoms with Gasteiger partial charge in [-0.1, -0.05) is 12.1 Å².